The van der Waals surface area contributed by atoms with Gasteiger partial charge in [0.1, 0.15) is 18.5 Å². The minimum atomic E-state index is -0.266. The van der Waals surface area contributed by atoms with Crippen LogP contribution in [0.1, 0.15) is 18.4 Å². The summed E-state index contributed by atoms with van der Waals surface area (Å²) in [6.45, 7) is 1.27. The maximum Gasteiger partial charge on any atom is 0.248 e. The zero-order valence-electron chi connectivity index (χ0n) is 18.7. The number of ether oxygens (including phenoxy) is 1. The first-order chi connectivity index (χ1) is 16.8. The predicted molar refractivity (Wildman–Crippen MR) is 131 cm³/mol. The van der Waals surface area contributed by atoms with Crippen LogP contribution in [0.15, 0.2) is 91.5 Å². The van der Waals surface area contributed by atoms with E-state index in [2.05, 4.69) is 25.2 Å². The molecule has 1 aliphatic heterocycles. The number of hydrogen-bond acceptors (Lipinski definition) is 6. The molecule has 1 N–H and O–H groups in total. The molecule has 1 saturated heterocycles. The third-order valence-electron chi connectivity index (χ3n) is 5.85. The lowest BCUT2D eigenvalue weighted by Crippen LogP contribution is -2.39. The summed E-state index contributed by atoms with van der Waals surface area (Å²) in [7, 11) is 0. The van der Waals surface area contributed by atoms with Crippen molar-refractivity contribution in [1.29, 1.82) is 0 Å². The highest BCUT2D eigenvalue weighted by molar-refractivity contribution is 5.96. The smallest absolute Gasteiger partial charge is 0.248 e. The van der Waals surface area contributed by atoms with Crippen molar-refractivity contribution in [3.63, 3.8) is 0 Å². The Morgan fingerprint density at radius 2 is 1.82 bits per heavy atom. The van der Waals surface area contributed by atoms with Crippen molar-refractivity contribution in [3.05, 3.63) is 97.1 Å². The maximum atomic E-state index is 13.0. The number of hydrogen-bond donors (Lipinski definition) is 1. The van der Waals surface area contributed by atoms with Crippen LogP contribution in [0.4, 0.5) is 11.5 Å². The van der Waals surface area contributed by atoms with Crippen LogP contribution in [0, 0.1) is 0 Å². The monoisotopic (exact) mass is 451 g/mol. The van der Waals surface area contributed by atoms with Gasteiger partial charge in [0.25, 0.3) is 0 Å². The van der Waals surface area contributed by atoms with Gasteiger partial charge in [-0.2, -0.15) is 0 Å². The number of pyridine rings is 3. The molecule has 5 rings (SSSR count). The molecule has 1 amide bonds. The van der Waals surface area contributed by atoms with Gasteiger partial charge in [-0.05, 0) is 42.7 Å². The summed E-state index contributed by atoms with van der Waals surface area (Å²) in [6, 6.07) is 21.1. The molecule has 1 fully saturated rings. The van der Waals surface area contributed by atoms with E-state index in [-0.39, 0.29) is 11.9 Å². The Labute approximate surface area is 198 Å². The van der Waals surface area contributed by atoms with Crippen LogP contribution >= 0.6 is 0 Å². The molecule has 0 unspecified atom stereocenters. The number of aromatic nitrogens is 3. The third-order valence-corrected chi connectivity index (χ3v) is 5.85. The first kappa shape index (κ1) is 21.6. The van der Waals surface area contributed by atoms with Gasteiger partial charge in [-0.25, -0.2) is 9.97 Å². The van der Waals surface area contributed by atoms with Crippen molar-refractivity contribution in [1.82, 2.24) is 15.0 Å². The molecule has 0 spiro atoms. The fourth-order valence-corrected chi connectivity index (χ4v) is 4.09. The van der Waals surface area contributed by atoms with Gasteiger partial charge >= 0.3 is 0 Å². The van der Waals surface area contributed by atoms with Crippen molar-refractivity contribution < 1.29 is 9.53 Å². The highest BCUT2D eigenvalue weighted by Gasteiger charge is 2.31. The number of nitrogens with zero attached hydrogens (tertiary/aromatic N) is 4. The van der Waals surface area contributed by atoms with Crippen LogP contribution < -0.4 is 15.0 Å². The minimum absolute atomic E-state index is 0.0662. The molecule has 4 aromatic rings. The first-order valence-corrected chi connectivity index (χ1v) is 11.3. The van der Waals surface area contributed by atoms with Gasteiger partial charge in [0, 0.05) is 42.3 Å². The summed E-state index contributed by atoms with van der Waals surface area (Å²) >= 11 is 0. The SMILES string of the molecule is O=C(Nc1ccc(-c2cccnc2)cn1)[C@@H]1CCCN1c1ccc(OCc2ccccc2)nc1. The van der Waals surface area contributed by atoms with Crippen LogP contribution in [0.2, 0.25) is 0 Å². The van der Waals surface area contributed by atoms with E-state index in [1.165, 1.54) is 0 Å². The van der Waals surface area contributed by atoms with E-state index in [1.807, 2.05) is 66.7 Å². The average molecular weight is 452 g/mol. The Balaban J connectivity index is 1.21. The minimum Gasteiger partial charge on any atom is -0.473 e. The number of rotatable bonds is 7. The zero-order chi connectivity index (χ0) is 23.2. The van der Waals surface area contributed by atoms with Gasteiger partial charge in [0.15, 0.2) is 0 Å². The van der Waals surface area contributed by atoms with E-state index in [0.29, 0.717) is 18.3 Å². The van der Waals surface area contributed by atoms with Crippen LogP contribution in [0.5, 0.6) is 5.88 Å². The van der Waals surface area contributed by atoms with E-state index in [9.17, 15) is 4.79 Å². The Hall–Kier alpha value is -4.26. The molecular formula is C27H25N5O2. The number of amides is 1. The molecule has 0 bridgehead atoms. The van der Waals surface area contributed by atoms with E-state index in [4.69, 9.17) is 4.74 Å². The van der Waals surface area contributed by atoms with Crippen molar-refractivity contribution >= 4 is 17.4 Å². The molecule has 34 heavy (non-hydrogen) atoms. The topological polar surface area (TPSA) is 80.2 Å². The summed E-state index contributed by atoms with van der Waals surface area (Å²) in [4.78, 5) is 28.1. The Morgan fingerprint density at radius 1 is 0.941 bits per heavy atom. The molecular weight excluding hydrogens is 426 g/mol. The maximum absolute atomic E-state index is 13.0. The first-order valence-electron chi connectivity index (χ1n) is 11.3. The average Bonchev–Trinajstić information content (AvgIpc) is 3.40. The van der Waals surface area contributed by atoms with Crippen LogP contribution in [0.25, 0.3) is 11.1 Å². The van der Waals surface area contributed by atoms with Crippen LogP contribution in [-0.2, 0) is 11.4 Å². The molecule has 3 aromatic heterocycles. The summed E-state index contributed by atoms with van der Waals surface area (Å²) in [5.74, 6) is 1.03. The molecule has 7 nitrogen and oxygen atoms in total. The zero-order valence-corrected chi connectivity index (χ0v) is 18.7. The third kappa shape index (κ3) is 5.04. The molecule has 0 saturated carbocycles. The van der Waals surface area contributed by atoms with Gasteiger partial charge in [-0.3, -0.25) is 9.78 Å². The normalized spacial score (nSPS) is 15.2. The van der Waals surface area contributed by atoms with Gasteiger partial charge in [0.05, 0.1) is 11.9 Å². The molecule has 1 atom stereocenters. The van der Waals surface area contributed by atoms with Crippen LogP contribution in [-0.4, -0.2) is 33.4 Å². The van der Waals surface area contributed by atoms with E-state index >= 15 is 0 Å². The molecule has 1 aromatic carbocycles. The molecule has 0 radical (unpaired) electrons. The Morgan fingerprint density at radius 3 is 2.56 bits per heavy atom. The molecule has 0 aliphatic carbocycles. The molecule has 170 valence electrons. The van der Waals surface area contributed by atoms with E-state index in [1.54, 1.807) is 24.8 Å². The second-order valence-corrected chi connectivity index (χ2v) is 8.14. The molecule has 1 aliphatic rings. The van der Waals surface area contributed by atoms with Gasteiger partial charge in [0.2, 0.25) is 11.8 Å². The summed E-state index contributed by atoms with van der Waals surface area (Å²) in [5.41, 5.74) is 3.93. The summed E-state index contributed by atoms with van der Waals surface area (Å²) in [5, 5.41) is 2.96. The number of nitrogens with one attached hydrogen (secondary N) is 1. The number of carbonyl (C=O) groups excluding carboxylic acids is 1. The largest absolute Gasteiger partial charge is 0.473 e. The second-order valence-electron chi connectivity index (χ2n) is 8.14. The standard InChI is InChI=1S/C27H25N5O2/c33-27(31-25-12-10-22(17-29-25)21-8-4-14-28-16-21)24-9-5-15-32(24)23-11-13-26(30-18-23)34-19-20-6-2-1-3-7-20/h1-4,6-8,10-14,16-18,24H,5,9,15,19H2,(H,29,31,33)/t24-/m0/s1. The number of anilines is 2. The van der Waals surface area contributed by atoms with Crippen molar-refractivity contribution in [2.45, 2.75) is 25.5 Å². The molecule has 4 heterocycles. The van der Waals surface area contributed by atoms with Crippen molar-refractivity contribution in [2.24, 2.45) is 0 Å². The van der Waals surface area contributed by atoms with Crippen LogP contribution in [0.3, 0.4) is 0 Å². The lowest BCUT2D eigenvalue weighted by molar-refractivity contribution is -0.117. The fraction of sp³-hybridized carbons (Fsp3) is 0.185. The van der Waals surface area contributed by atoms with Crippen molar-refractivity contribution in [3.8, 4) is 17.0 Å². The van der Waals surface area contributed by atoms with Gasteiger partial charge in [-0.15, -0.1) is 0 Å². The number of benzene rings is 1. The predicted octanol–water partition coefficient (Wildman–Crippen LogP) is 4.73. The van der Waals surface area contributed by atoms with Gasteiger partial charge in [-0.1, -0.05) is 36.4 Å². The lowest BCUT2D eigenvalue weighted by Gasteiger charge is -2.25. The summed E-state index contributed by atoms with van der Waals surface area (Å²) in [6.07, 6.45) is 8.77. The highest BCUT2D eigenvalue weighted by atomic mass is 16.5. The molecule has 7 heteroatoms. The van der Waals surface area contributed by atoms with Gasteiger partial charge < -0.3 is 15.0 Å². The highest BCUT2D eigenvalue weighted by Crippen LogP contribution is 2.27. The van der Waals surface area contributed by atoms with E-state index in [0.717, 1.165) is 41.8 Å². The fourth-order valence-electron chi connectivity index (χ4n) is 4.09. The summed E-state index contributed by atoms with van der Waals surface area (Å²) < 4.78 is 5.78. The van der Waals surface area contributed by atoms with Crippen molar-refractivity contribution in [2.75, 3.05) is 16.8 Å². The second kappa shape index (κ2) is 10.1. The number of carbonyl (C=O) groups is 1. The Bertz CT molecular complexity index is 1220. The Kier molecular flexibility index (Phi) is 6.42. The lowest BCUT2D eigenvalue weighted by atomic mass is 10.1. The quantitative estimate of drug-likeness (QED) is 0.438. The van der Waals surface area contributed by atoms with E-state index < -0.39 is 0 Å².